The quantitative estimate of drug-likeness (QED) is 0.792. The summed E-state index contributed by atoms with van der Waals surface area (Å²) in [5.74, 6) is 0. The van der Waals surface area contributed by atoms with E-state index in [4.69, 9.17) is 4.74 Å². The number of aromatic nitrogens is 2. The molecule has 0 aromatic carbocycles. The van der Waals surface area contributed by atoms with Crippen LogP contribution in [0.4, 0.5) is 5.69 Å². The molecule has 4 heteroatoms. The molecule has 1 fully saturated rings. The highest BCUT2D eigenvalue weighted by Gasteiger charge is 2.21. The van der Waals surface area contributed by atoms with Gasteiger partial charge in [0.05, 0.1) is 24.1 Å². The number of ether oxygens (including phenoxy) is 1. The van der Waals surface area contributed by atoms with Crippen molar-refractivity contribution in [3.8, 4) is 0 Å². The number of anilines is 1. The van der Waals surface area contributed by atoms with Crippen LogP contribution in [0.3, 0.4) is 0 Å². The lowest BCUT2D eigenvalue weighted by molar-refractivity contribution is 0.0637. The van der Waals surface area contributed by atoms with Crippen molar-refractivity contribution in [3.05, 3.63) is 12.4 Å². The van der Waals surface area contributed by atoms with Gasteiger partial charge in [0.2, 0.25) is 0 Å². The minimum absolute atomic E-state index is 0.366. The lowest BCUT2D eigenvalue weighted by Gasteiger charge is -2.11. The van der Waals surface area contributed by atoms with Crippen LogP contribution in [0.25, 0.3) is 0 Å². The van der Waals surface area contributed by atoms with Gasteiger partial charge in [0.15, 0.2) is 0 Å². The fraction of sp³-hybridized carbons (Fsp3) is 0.700. The van der Waals surface area contributed by atoms with Crippen molar-refractivity contribution in [3.63, 3.8) is 0 Å². The van der Waals surface area contributed by atoms with E-state index in [0.29, 0.717) is 12.2 Å². The van der Waals surface area contributed by atoms with Gasteiger partial charge in [-0.3, -0.25) is 4.68 Å². The average molecular weight is 195 g/mol. The smallest absolute Gasteiger partial charge is 0.0751 e. The molecular formula is C10H17N3O. The molecule has 0 bridgehead atoms. The number of nitrogens with zero attached hydrogens (tertiary/aromatic N) is 2. The molecule has 1 aliphatic rings. The maximum Gasteiger partial charge on any atom is 0.0751 e. The van der Waals surface area contributed by atoms with E-state index in [9.17, 15) is 0 Å². The fourth-order valence-corrected chi connectivity index (χ4v) is 1.78. The third-order valence-electron chi connectivity index (χ3n) is 2.56. The molecule has 2 unspecified atom stereocenters. The van der Waals surface area contributed by atoms with E-state index >= 15 is 0 Å². The largest absolute Gasteiger partial charge is 0.380 e. The summed E-state index contributed by atoms with van der Waals surface area (Å²) < 4.78 is 7.49. The van der Waals surface area contributed by atoms with E-state index in [1.165, 1.54) is 6.42 Å². The zero-order valence-corrected chi connectivity index (χ0v) is 8.73. The maximum atomic E-state index is 5.70. The van der Waals surface area contributed by atoms with Gasteiger partial charge in [0.1, 0.15) is 0 Å². The second-order valence-corrected chi connectivity index (χ2v) is 3.93. The Morgan fingerprint density at radius 3 is 3.07 bits per heavy atom. The zero-order chi connectivity index (χ0) is 9.97. The van der Waals surface area contributed by atoms with Gasteiger partial charge in [0, 0.05) is 19.8 Å². The van der Waals surface area contributed by atoms with Gasteiger partial charge in [0.25, 0.3) is 0 Å². The lowest BCUT2D eigenvalue weighted by atomic mass is 10.2. The summed E-state index contributed by atoms with van der Waals surface area (Å²) in [6.07, 6.45) is 6.94. The number of rotatable bonds is 3. The molecule has 2 atom stereocenters. The van der Waals surface area contributed by atoms with Crippen LogP contribution in [-0.2, 0) is 11.8 Å². The Balaban J connectivity index is 1.77. The summed E-state index contributed by atoms with van der Waals surface area (Å²) in [5.41, 5.74) is 1.07. The Bertz CT molecular complexity index is 297. The van der Waals surface area contributed by atoms with Crippen molar-refractivity contribution in [1.82, 2.24) is 9.78 Å². The Labute approximate surface area is 84.3 Å². The molecule has 0 spiro atoms. The topological polar surface area (TPSA) is 39.1 Å². The molecule has 14 heavy (non-hydrogen) atoms. The molecule has 1 N–H and O–H groups in total. The van der Waals surface area contributed by atoms with Crippen molar-refractivity contribution in [2.75, 3.05) is 11.9 Å². The van der Waals surface area contributed by atoms with E-state index < -0.39 is 0 Å². The van der Waals surface area contributed by atoms with Gasteiger partial charge in [-0.05, 0) is 19.8 Å². The van der Waals surface area contributed by atoms with E-state index in [2.05, 4.69) is 17.3 Å². The van der Waals surface area contributed by atoms with Gasteiger partial charge in [-0.25, -0.2) is 0 Å². The SMILES string of the molecule is CC1CCC(CNc2cnn(C)c2)O1. The summed E-state index contributed by atoms with van der Waals surface area (Å²) in [7, 11) is 1.92. The predicted molar refractivity (Wildman–Crippen MR) is 55.3 cm³/mol. The van der Waals surface area contributed by atoms with Crippen molar-refractivity contribution in [2.45, 2.75) is 32.0 Å². The number of aryl methyl sites for hydroxylation is 1. The van der Waals surface area contributed by atoms with Crippen LogP contribution in [0.1, 0.15) is 19.8 Å². The molecule has 78 valence electrons. The van der Waals surface area contributed by atoms with Crippen LogP contribution in [0.2, 0.25) is 0 Å². The molecule has 0 saturated carbocycles. The fourth-order valence-electron chi connectivity index (χ4n) is 1.78. The molecule has 4 nitrogen and oxygen atoms in total. The van der Waals surface area contributed by atoms with Crippen molar-refractivity contribution in [1.29, 1.82) is 0 Å². The van der Waals surface area contributed by atoms with Gasteiger partial charge in [-0.1, -0.05) is 0 Å². The maximum absolute atomic E-state index is 5.70. The highest BCUT2D eigenvalue weighted by molar-refractivity contribution is 5.38. The molecule has 1 aliphatic heterocycles. The van der Waals surface area contributed by atoms with Gasteiger partial charge in [-0.2, -0.15) is 5.10 Å². The van der Waals surface area contributed by atoms with Crippen molar-refractivity contribution < 1.29 is 4.74 Å². The minimum Gasteiger partial charge on any atom is -0.380 e. The number of hydrogen-bond donors (Lipinski definition) is 1. The lowest BCUT2D eigenvalue weighted by Crippen LogP contribution is -2.19. The predicted octanol–water partition coefficient (Wildman–Crippen LogP) is 1.40. The molecule has 1 aromatic rings. The van der Waals surface area contributed by atoms with Crippen molar-refractivity contribution >= 4 is 5.69 Å². The average Bonchev–Trinajstić information content (AvgIpc) is 2.72. The first-order valence-corrected chi connectivity index (χ1v) is 5.12. The molecule has 1 aromatic heterocycles. The Hall–Kier alpha value is -1.03. The summed E-state index contributed by atoms with van der Waals surface area (Å²) in [5, 5.41) is 7.41. The van der Waals surface area contributed by atoms with Crippen LogP contribution < -0.4 is 5.32 Å². The molecule has 2 rings (SSSR count). The van der Waals surface area contributed by atoms with Gasteiger partial charge < -0.3 is 10.1 Å². The summed E-state index contributed by atoms with van der Waals surface area (Å²) in [6.45, 7) is 3.01. The van der Waals surface area contributed by atoms with Gasteiger partial charge in [-0.15, -0.1) is 0 Å². The highest BCUT2D eigenvalue weighted by atomic mass is 16.5. The monoisotopic (exact) mass is 195 g/mol. The number of hydrogen-bond acceptors (Lipinski definition) is 3. The standard InChI is InChI=1S/C10H17N3O/c1-8-3-4-10(14-8)6-11-9-5-12-13(2)7-9/h5,7-8,10-11H,3-4,6H2,1-2H3. The van der Waals surface area contributed by atoms with E-state index in [-0.39, 0.29) is 0 Å². The second-order valence-electron chi connectivity index (χ2n) is 3.93. The Morgan fingerprint density at radius 2 is 2.50 bits per heavy atom. The van der Waals surface area contributed by atoms with Crippen LogP contribution >= 0.6 is 0 Å². The normalized spacial score (nSPS) is 26.7. The Kier molecular flexibility index (Phi) is 2.72. The molecule has 2 heterocycles. The molecule has 1 saturated heterocycles. The Morgan fingerprint density at radius 1 is 1.64 bits per heavy atom. The zero-order valence-electron chi connectivity index (χ0n) is 8.73. The van der Waals surface area contributed by atoms with Crippen LogP contribution in [0.15, 0.2) is 12.4 Å². The second kappa shape index (κ2) is 4.00. The molecule has 0 aliphatic carbocycles. The summed E-state index contributed by atoms with van der Waals surface area (Å²) in [4.78, 5) is 0. The third kappa shape index (κ3) is 2.26. The molecule has 0 amide bonds. The third-order valence-corrected chi connectivity index (χ3v) is 2.56. The van der Waals surface area contributed by atoms with Crippen LogP contribution in [-0.4, -0.2) is 28.5 Å². The van der Waals surface area contributed by atoms with Crippen LogP contribution in [0, 0.1) is 0 Å². The van der Waals surface area contributed by atoms with Crippen LogP contribution in [0.5, 0.6) is 0 Å². The summed E-state index contributed by atoms with van der Waals surface area (Å²) >= 11 is 0. The summed E-state index contributed by atoms with van der Waals surface area (Å²) in [6, 6.07) is 0. The first-order valence-electron chi connectivity index (χ1n) is 5.12. The van der Waals surface area contributed by atoms with Crippen molar-refractivity contribution in [2.24, 2.45) is 7.05 Å². The molecule has 0 radical (unpaired) electrons. The van der Waals surface area contributed by atoms with Gasteiger partial charge >= 0.3 is 0 Å². The van der Waals surface area contributed by atoms with E-state index in [0.717, 1.165) is 18.7 Å². The highest BCUT2D eigenvalue weighted by Crippen LogP contribution is 2.19. The minimum atomic E-state index is 0.366. The number of nitrogens with one attached hydrogen (secondary N) is 1. The first-order chi connectivity index (χ1) is 6.74. The van der Waals surface area contributed by atoms with E-state index in [1.54, 1.807) is 4.68 Å². The molecular weight excluding hydrogens is 178 g/mol. The first kappa shape index (κ1) is 9.52. The van der Waals surface area contributed by atoms with E-state index in [1.807, 2.05) is 19.4 Å².